The minimum Gasteiger partial charge on any atom is -0.346 e. The van der Waals surface area contributed by atoms with Crippen molar-refractivity contribution in [1.29, 1.82) is 0 Å². The Labute approximate surface area is 189 Å². The van der Waals surface area contributed by atoms with Gasteiger partial charge in [0.25, 0.3) is 0 Å². The molecule has 184 valence electrons. The molecule has 0 aliphatic heterocycles. The molecular weight excluding hydrogens is 442 g/mol. The minimum absolute atomic E-state index is 0.00548. The summed E-state index contributed by atoms with van der Waals surface area (Å²) in [4.78, 5) is 11.6. The molecule has 1 N–H and O–H groups in total. The van der Waals surface area contributed by atoms with Gasteiger partial charge >= 0.3 is 26.4 Å². The molecule has 0 heterocycles. The molecule has 0 bridgehead atoms. The van der Waals surface area contributed by atoms with Crippen LogP contribution in [-0.4, -0.2) is 51.0 Å². The Bertz CT molecular complexity index is 703. The average Bonchev–Trinajstić information content (AvgIpc) is 2.68. The zero-order chi connectivity index (χ0) is 23.6. The van der Waals surface area contributed by atoms with Gasteiger partial charge in [-0.1, -0.05) is 70.4 Å². The summed E-state index contributed by atoms with van der Waals surface area (Å²) in [6.45, 7) is 1.73. The fraction of sp³-hybridized carbons (Fsp3) is 0.857. The lowest BCUT2D eigenvalue weighted by molar-refractivity contribution is -0.133. The molecule has 10 heteroatoms. The summed E-state index contributed by atoms with van der Waals surface area (Å²) in [5.41, 5.74) is 0. The Kier molecular flexibility index (Phi) is 17.0. The summed E-state index contributed by atoms with van der Waals surface area (Å²) in [5, 5.41) is 0. The first kappa shape index (κ1) is 30.0. The lowest BCUT2D eigenvalue weighted by Crippen LogP contribution is -2.32. The third-order valence-electron chi connectivity index (χ3n) is 4.91. The zero-order valence-corrected chi connectivity index (χ0v) is 20.8. The molecule has 0 aromatic rings. The molecule has 0 radical (unpaired) electrons. The lowest BCUT2D eigenvalue weighted by atomic mass is 10.1. The van der Waals surface area contributed by atoms with Crippen LogP contribution < -0.4 is 0 Å². The van der Waals surface area contributed by atoms with Gasteiger partial charge in [0.1, 0.15) is 5.75 Å². The van der Waals surface area contributed by atoms with Crippen molar-refractivity contribution in [2.45, 2.75) is 96.8 Å². The van der Waals surface area contributed by atoms with Crippen LogP contribution in [0.5, 0.6) is 0 Å². The third kappa shape index (κ3) is 19.4. The number of nitrogens with zero attached hydrogens (tertiary/aromatic N) is 1. The van der Waals surface area contributed by atoms with Crippen LogP contribution in [0, 0.1) is 0 Å². The molecule has 0 aromatic carbocycles. The minimum atomic E-state index is -4.47. The Hall–Kier alpha value is -0.970. The molecule has 0 saturated carbocycles. The molecule has 0 aliphatic carbocycles. The number of allylic oxidation sites excluding steroid dienone is 2. The van der Waals surface area contributed by atoms with Crippen LogP contribution in [0.15, 0.2) is 12.2 Å². The first-order valence-electron chi connectivity index (χ1n) is 11.4. The first-order chi connectivity index (χ1) is 14.6. The van der Waals surface area contributed by atoms with Gasteiger partial charge in [-0.15, -0.1) is 0 Å². The van der Waals surface area contributed by atoms with E-state index in [4.69, 9.17) is 4.55 Å². The monoisotopic (exact) mass is 483 g/mol. The molecule has 0 aromatic heterocycles. The van der Waals surface area contributed by atoms with Crippen LogP contribution in [0.1, 0.15) is 96.8 Å². The van der Waals surface area contributed by atoms with Crippen molar-refractivity contribution in [3.63, 3.8) is 0 Å². The molecule has 0 aliphatic rings. The number of hydrogen-bond acceptors (Lipinski definition) is 6. The molecule has 0 atom stereocenters. The third-order valence-corrected chi connectivity index (χ3v) is 7.01. The summed E-state index contributed by atoms with van der Waals surface area (Å²) in [7, 11) is -7.62. The predicted octanol–water partition coefficient (Wildman–Crippen LogP) is 4.63. The highest BCUT2D eigenvalue weighted by atomic mass is 32.2. The standard InChI is InChI=1S/C21H41NO7S2/c1-3-4-5-6-7-8-9-10-11-12-13-14-15-16-17-18-21(23)29-30(24,25)20-19-22(2)31(26,27)28/h10-11H,3-9,12-20H2,1-2H3,(H,26,27,28)/b11-10-. The smallest absolute Gasteiger partial charge is 0.335 e. The van der Waals surface area contributed by atoms with E-state index in [2.05, 4.69) is 23.3 Å². The van der Waals surface area contributed by atoms with Gasteiger partial charge in [0.2, 0.25) is 0 Å². The fourth-order valence-electron chi connectivity index (χ4n) is 2.92. The summed E-state index contributed by atoms with van der Waals surface area (Å²) < 4.78 is 58.6. The Balaban J connectivity index is 3.66. The van der Waals surface area contributed by atoms with Crippen LogP contribution in [0.25, 0.3) is 0 Å². The average molecular weight is 484 g/mol. The predicted molar refractivity (Wildman–Crippen MR) is 124 cm³/mol. The van der Waals surface area contributed by atoms with Crippen molar-refractivity contribution >= 4 is 26.4 Å². The second-order valence-corrected chi connectivity index (χ2v) is 11.1. The molecule has 0 fully saturated rings. The van der Waals surface area contributed by atoms with Gasteiger partial charge in [0.05, 0.1) is 0 Å². The van der Waals surface area contributed by atoms with Crippen molar-refractivity contribution in [3.05, 3.63) is 12.2 Å². The maximum Gasteiger partial charge on any atom is 0.335 e. The quantitative estimate of drug-likeness (QED) is 0.116. The molecule has 0 unspecified atom stereocenters. The topological polar surface area (TPSA) is 118 Å². The highest BCUT2D eigenvalue weighted by molar-refractivity contribution is 7.87. The van der Waals surface area contributed by atoms with Crippen LogP contribution in [0.3, 0.4) is 0 Å². The van der Waals surface area contributed by atoms with E-state index in [9.17, 15) is 21.6 Å². The zero-order valence-electron chi connectivity index (χ0n) is 19.1. The van der Waals surface area contributed by atoms with Crippen molar-refractivity contribution in [2.75, 3.05) is 19.3 Å². The van der Waals surface area contributed by atoms with E-state index in [0.717, 1.165) is 45.6 Å². The lowest BCUT2D eigenvalue weighted by Gasteiger charge is -2.12. The highest BCUT2D eigenvalue weighted by Gasteiger charge is 2.21. The van der Waals surface area contributed by atoms with E-state index in [1.54, 1.807) is 0 Å². The summed E-state index contributed by atoms with van der Waals surface area (Å²) in [6, 6.07) is 0. The summed E-state index contributed by atoms with van der Waals surface area (Å²) in [5.74, 6) is -1.55. The normalized spacial score (nSPS) is 12.6. The Morgan fingerprint density at radius 1 is 0.839 bits per heavy atom. The van der Waals surface area contributed by atoms with Gasteiger partial charge < -0.3 is 4.18 Å². The summed E-state index contributed by atoms with van der Waals surface area (Å²) >= 11 is 0. The summed E-state index contributed by atoms with van der Waals surface area (Å²) in [6.07, 6.45) is 19.2. The van der Waals surface area contributed by atoms with Gasteiger partial charge in [-0.25, -0.2) is 0 Å². The van der Waals surface area contributed by atoms with Crippen LogP contribution in [0.2, 0.25) is 0 Å². The highest BCUT2D eigenvalue weighted by Crippen LogP contribution is 2.11. The second-order valence-electron chi connectivity index (χ2n) is 7.85. The van der Waals surface area contributed by atoms with E-state index in [-0.39, 0.29) is 6.42 Å². The maximum atomic E-state index is 11.7. The second kappa shape index (κ2) is 17.6. The van der Waals surface area contributed by atoms with Crippen molar-refractivity contribution in [2.24, 2.45) is 0 Å². The first-order valence-corrected chi connectivity index (χ1v) is 14.3. The number of carbonyl (C=O) groups is 1. The van der Waals surface area contributed by atoms with E-state index in [1.807, 2.05) is 0 Å². The van der Waals surface area contributed by atoms with Gasteiger partial charge in [-0.05, 0) is 32.1 Å². The Morgan fingerprint density at radius 3 is 1.84 bits per heavy atom. The van der Waals surface area contributed by atoms with E-state index >= 15 is 0 Å². The molecule has 31 heavy (non-hydrogen) atoms. The van der Waals surface area contributed by atoms with Gasteiger partial charge in [0, 0.05) is 20.0 Å². The van der Waals surface area contributed by atoms with Crippen molar-refractivity contribution in [3.8, 4) is 0 Å². The van der Waals surface area contributed by atoms with Crippen LogP contribution in [-0.2, 0) is 29.4 Å². The van der Waals surface area contributed by atoms with E-state index in [1.165, 1.54) is 38.5 Å². The van der Waals surface area contributed by atoms with E-state index in [0.29, 0.717) is 10.7 Å². The molecule has 0 rings (SSSR count). The van der Waals surface area contributed by atoms with Gasteiger partial charge in [-0.2, -0.15) is 21.1 Å². The number of hydrogen-bond donors (Lipinski definition) is 1. The molecule has 0 saturated heterocycles. The van der Waals surface area contributed by atoms with Gasteiger partial charge in [0.15, 0.2) is 0 Å². The number of rotatable bonds is 20. The van der Waals surface area contributed by atoms with Crippen molar-refractivity contribution in [1.82, 2.24) is 4.31 Å². The number of unbranched alkanes of at least 4 members (excludes halogenated alkanes) is 11. The van der Waals surface area contributed by atoms with Crippen molar-refractivity contribution < 1.29 is 30.4 Å². The Morgan fingerprint density at radius 2 is 1.32 bits per heavy atom. The maximum absolute atomic E-state index is 11.7. The van der Waals surface area contributed by atoms with Crippen LogP contribution in [0.4, 0.5) is 0 Å². The number of carbonyl (C=O) groups excluding carboxylic acids is 1. The fourth-order valence-corrected chi connectivity index (χ4v) is 4.31. The van der Waals surface area contributed by atoms with Crippen LogP contribution >= 0.6 is 0 Å². The molecule has 0 amide bonds. The molecule has 8 nitrogen and oxygen atoms in total. The van der Waals surface area contributed by atoms with E-state index < -0.39 is 38.7 Å². The SMILES string of the molecule is CCCCCCCC/C=C\CCCCCCCC(=O)OS(=O)(=O)CCN(C)S(=O)(=O)O. The largest absolute Gasteiger partial charge is 0.346 e. The molecule has 0 spiro atoms. The van der Waals surface area contributed by atoms with Gasteiger partial charge in [-0.3, -0.25) is 9.35 Å². The molecular formula is C21H41NO7S2.